The number of fused-ring (bicyclic) bond motifs is 1. The minimum atomic E-state index is 0.263. The van der Waals surface area contributed by atoms with Gasteiger partial charge in [0.25, 0.3) is 0 Å². The van der Waals surface area contributed by atoms with E-state index >= 15 is 0 Å². The molecule has 3 aromatic rings. The number of hydrogen-bond acceptors (Lipinski definition) is 5. The van der Waals surface area contributed by atoms with E-state index in [0.29, 0.717) is 0 Å². The quantitative estimate of drug-likeness (QED) is 0.795. The summed E-state index contributed by atoms with van der Waals surface area (Å²) in [5.41, 5.74) is 3.45. The van der Waals surface area contributed by atoms with Crippen molar-refractivity contribution in [2.75, 3.05) is 7.05 Å². The molecule has 1 atom stereocenters. The first kappa shape index (κ1) is 13.7. The molecule has 1 N–H and O–H groups in total. The van der Waals surface area contributed by atoms with Gasteiger partial charge in [0.05, 0.1) is 20.9 Å². The molecule has 0 fully saturated rings. The molecule has 0 saturated carbocycles. The molecular weight excluding hydrogens is 286 g/mol. The van der Waals surface area contributed by atoms with Gasteiger partial charge in [-0.15, -0.1) is 22.7 Å². The maximum absolute atomic E-state index is 4.64. The number of likely N-dealkylation sites (N-methyl/N-ethyl adjacent to an activating group) is 1. The minimum absolute atomic E-state index is 0.263. The van der Waals surface area contributed by atoms with E-state index in [1.807, 2.05) is 13.2 Å². The molecule has 0 saturated heterocycles. The summed E-state index contributed by atoms with van der Waals surface area (Å²) in [6.07, 6.45) is 2.89. The van der Waals surface area contributed by atoms with E-state index < -0.39 is 0 Å². The van der Waals surface area contributed by atoms with Gasteiger partial charge in [-0.2, -0.15) is 0 Å². The van der Waals surface area contributed by atoms with Gasteiger partial charge < -0.3 is 5.32 Å². The molecular formula is C15H17N3S2. The van der Waals surface area contributed by atoms with Gasteiger partial charge in [0.2, 0.25) is 0 Å². The zero-order valence-corrected chi connectivity index (χ0v) is 13.4. The first-order valence-electron chi connectivity index (χ1n) is 6.60. The van der Waals surface area contributed by atoms with E-state index in [9.17, 15) is 0 Å². The van der Waals surface area contributed by atoms with Crippen LogP contribution in [0, 0.1) is 13.8 Å². The van der Waals surface area contributed by atoms with E-state index in [0.717, 1.165) is 17.6 Å². The fourth-order valence-electron chi connectivity index (χ4n) is 2.24. The summed E-state index contributed by atoms with van der Waals surface area (Å²) >= 11 is 3.53. The third kappa shape index (κ3) is 2.61. The van der Waals surface area contributed by atoms with Crippen LogP contribution in [0.3, 0.4) is 0 Å². The van der Waals surface area contributed by atoms with E-state index in [1.165, 1.54) is 20.1 Å². The molecule has 0 radical (unpaired) electrons. The van der Waals surface area contributed by atoms with Crippen molar-refractivity contribution in [3.8, 4) is 0 Å². The lowest BCUT2D eigenvalue weighted by Crippen LogP contribution is -2.18. The number of nitrogens with zero attached hydrogens (tertiary/aromatic N) is 2. The molecule has 1 unspecified atom stereocenters. The fraction of sp³-hybridized carbons (Fsp3) is 0.333. The monoisotopic (exact) mass is 303 g/mol. The van der Waals surface area contributed by atoms with Gasteiger partial charge in [-0.1, -0.05) is 0 Å². The van der Waals surface area contributed by atoms with Crippen molar-refractivity contribution in [2.24, 2.45) is 0 Å². The zero-order chi connectivity index (χ0) is 14.1. The van der Waals surface area contributed by atoms with Crippen LogP contribution in [0.5, 0.6) is 0 Å². The summed E-state index contributed by atoms with van der Waals surface area (Å²) in [6.45, 7) is 4.20. The van der Waals surface area contributed by atoms with Crippen molar-refractivity contribution in [2.45, 2.75) is 26.3 Å². The molecule has 0 amide bonds. The average molecular weight is 303 g/mol. The molecule has 0 aromatic carbocycles. The number of rotatable bonds is 4. The maximum atomic E-state index is 4.64. The van der Waals surface area contributed by atoms with Gasteiger partial charge in [0.15, 0.2) is 0 Å². The lowest BCUT2D eigenvalue weighted by atomic mass is 10.1. The molecule has 3 aromatic heterocycles. The lowest BCUT2D eigenvalue weighted by molar-refractivity contribution is 0.589. The van der Waals surface area contributed by atoms with E-state index in [1.54, 1.807) is 22.7 Å². The summed E-state index contributed by atoms with van der Waals surface area (Å²) in [5, 5.41) is 6.66. The number of nitrogens with one attached hydrogen (secondary N) is 1. The molecule has 104 valence electrons. The highest BCUT2D eigenvalue weighted by atomic mass is 32.1. The third-order valence-electron chi connectivity index (χ3n) is 3.53. The van der Waals surface area contributed by atoms with Gasteiger partial charge >= 0.3 is 0 Å². The molecule has 3 nitrogen and oxygen atoms in total. The van der Waals surface area contributed by atoms with E-state index in [4.69, 9.17) is 0 Å². The van der Waals surface area contributed by atoms with E-state index in [-0.39, 0.29) is 6.04 Å². The van der Waals surface area contributed by atoms with E-state index in [2.05, 4.69) is 46.6 Å². The highest BCUT2D eigenvalue weighted by Crippen LogP contribution is 2.26. The Morgan fingerprint density at radius 3 is 2.90 bits per heavy atom. The summed E-state index contributed by atoms with van der Waals surface area (Å²) < 4.78 is 1.24. The number of thiophene rings is 1. The Morgan fingerprint density at radius 1 is 1.35 bits per heavy atom. The summed E-state index contributed by atoms with van der Waals surface area (Å²) in [4.78, 5) is 10.5. The highest BCUT2D eigenvalue weighted by molar-refractivity contribution is 7.17. The lowest BCUT2D eigenvalue weighted by Gasteiger charge is -2.14. The predicted octanol–water partition coefficient (Wildman–Crippen LogP) is 3.87. The number of pyridine rings is 1. The molecule has 0 aliphatic rings. The van der Waals surface area contributed by atoms with Crippen molar-refractivity contribution in [3.05, 3.63) is 44.9 Å². The largest absolute Gasteiger partial charge is 0.313 e. The Balaban J connectivity index is 1.88. The second-order valence-corrected chi connectivity index (χ2v) is 7.10. The third-order valence-corrected chi connectivity index (χ3v) is 5.47. The van der Waals surface area contributed by atoms with Crippen molar-refractivity contribution in [1.29, 1.82) is 0 Å². The number of thiazole rings is 1. The van der Waals surface area contributed by atoms with Crippen LogP contribution in [0.4, 0.5) is 0 Å². The van der Waals surface area contributed by atoms with Crippen LogP contribution < -0.4 is 5.32 Å². The van der Waals surface area contributed by atoms with Crippen molar-refractivity contribution in [1.82, 2.24) is 15.3 Å². The SMILES string of the molecule is CNC(Cc1nc(C)c(C)s1)c1cnc2ccsc2c1. The van der Waals surface area contributed by atoms with Crippen LogP contribution in [0.15, 0.2) is 23.7 Å². The first-order valence-corrected chi connectivity index (χ1v) is 8.30. The molecule has 20 heavy (non-hydrogen) atoms. The van der Waals surface area contributed by atoms with Crippen LogP contribution in [-0.4, -0.2) is 17.0 Å². The predicted molar refractivity (Wildman–Crippen MR) is 86.7 cm³/mol. The molecule has 0 aliphatic heterocycles. The Labute approximate surface area is 126 Å². The van der Waals surface area contributed by atoms with Crippen molar-refractivity contribution in [3.63, 3.8) is 0 Å². The van der Waals surface area contributed by atoms with Gasteiger partial charge in [-0.05, 0) is 44.0 Å². The van der Waals surface area contributed by atoms with Crippen LogP contribution in [0.1, 0.15) is 27.2 Å². The molecule has 3 heterocycles. The minimum Gasteiger partial charge on any atom is -0.313 e. The summed E-state index contributed by atoms with van der Waals surface area (Å²) in [5.74, 6) is 0. The normalized spacial score (nSPS) is 12.9. The maximum Gasteiger partial charge on any atom is 0.0949 e. The molecule has 0 bridgehead atoms. The zero-order valence-electron chi connectivity index (χ0n) is 11.8. The number of aryl methyl sites for hydroxylation is 2. The molecule has 0 aliphatic carbocycles. The fourth-order valence-corrected chi connectivity index (χ4v) is 4.01. The Hall–Kier alpha value is -1.30. The van der Waals surface area contributed by atoms with Gasteiger partial charge in [0.1, 0.15) is 0 Å². The Kier molecular flexibility index (Phi) is 3.83. The molecule has 3 rings (SSSR count). The topological polar surface area (TPSA) is 37.8 Å². The average Bonchev–Trinajstić information content (AvgIpc) is 3.02. The number of aromatic nitrogens is 2. The van der Waals surface area contributed by atoms with Gasteiger partial charge in [0, 0.05) is 23.5 Å². The molecule has 5 heteroatoms. The van der Waals surface area contributed by atoms with Crippen LogP contribution in [-0.2, 0) is 6.42 Å². The Morgan fingerprint density at radius 2 is 2.20 bits per heavy atom. The van der Waals surface area contributed by atoms with Gasteiger partial charge in [-0.3, -0.25) is 4.98 Å². The van der Waals surface area contributed by atoms with Crippen LogP contribution in [0.25, 0.3) is 10.2 Å². The second kappa shape index (κ2) is 5.60. The van der Waals surface area contributed by atoms with Crippen molar-refractivity contribution < 1.29 is 0 Å². The van der Waals surface area contributed by atoms with Crippen LogP contribution >= 0.6 is 22.7 Å². The standard InChI is InChI=1S/C15H17N3S2/c1-9-10(2)20-15(18-9)7-13(16-3)11-6-14-12(17-8-11)4-5-19-14/h4-6,8,13,16H,7H2,1-3H3. The summed E-state index contributed by atoms with van der Waals surface area (Å²) in [7, 11) is 2.00. The second-order valence-electron chi connectivity index (χ2n) is 4.87. The molecule has 0 spiro atoms. The van der Waals surface area contributed by atoms with Crippen molar-refractivity contribution >= 4 is 32.9 Å². The van der Waals surface area contributed by atoms with Gasteiger partial charge in [-0.25, -0.2) is 4.98 Å². The van der Waals surface area contributed by atoms with Crippen LogP contribution in [0.2, 0.25) is 0 Å². The highest BCUT2D eigenvalue weighted by Gasteiger charge is 2.14. The first-order chi connectivity index (χ1) is 9.67. The smallest absolute Gasteiger partial charge is 0.0949 e. The Bertz CT molecular complexity index is 710. The number of hydrogen-bond donors (Lipinski definition) is 1. The summed E-state index contributed by atoms with van der Waals surface area (Å²) in [6, 6.07) is 4.56.